The van der Waals surface area contributed by atoms with Crippen LogP contribution in [0.3, 0.4) is 0 Å². The molecule has 7 heteroatoms. The van der Waals surface area contributed by atoms with E-state index in [1.807, 2.05) is 24.3 Å². The van der Waals surface area contributed by atoms with Crippen molar-refractivity contribution in [2.75, 3.05) is 26.7 Å². The number of primary amides is 1. The molecule has 2 aromatic carbocycles. The van der Waals surface area contributed by atoms with Crippen LogP contribution >= 0.6 is 24.0 Å². The monoisotopic (exact) mass is 508 g/mol. The second-order valence-electron chi connectivity index (χ2n) is 7.15. The number of carbonyl (C=O) groups is 1. The van der Waals surface area contributed by atoms with Crippen molar-refractivity contribution in [3.05, 3.63) is 65.7 Å². The fraction of sp³-hybridized carbons (Fsp3) is 0.364. The van der Waals surface area contributed by atoms with Gasteiger partial charge in [0.25, 0.3) is 5.91 Å². The van der Waals surface area contributed by atoms with Crippen LogP contribution in [0.15, 0.2) is 59.6 Å². The third-order valence-corrected chi connectivity index (χ3v) is 5.07. The van der Waals surface area contributed by atoms with Gasteiger partial charge < -0.3 is 21.1 Å². The fourth-order valence-corrected chi connectivity index (χ4v) is 3.22. The molecule has 1 fully saturated rings. The summed E-state index contributed by atoms with van der Waals surface area (Å²) in [5.41, 5.74) is 7.90. The fourth-order valence-electron chi connectivity index (χ4n) is 3.22. The van der Waals surface area contributed by atoms with E-state index in [1.54, 1.807) is 7.05 Å². The number of nitrogens with zero attached hydrogens (tertiary/aromatic N) is 1. The first kappa shape index (κ1) is 23.0. The molecule has 0 aromatic heterocycles. The van der Waals surface area contributed by atoms with Crippen LogP contribution in [0.4, 0.5) is 0 Å². The quantitative estimate of drug-likeness (QED) is 0.276. The zero-order valence-electron chi connectivity index (χ0n) is 16.7. The molecule has 1 saturated carbocycles. The first-order valence-electron chi connectivity index (χ1n) is 9.61. The highest BCUT2D eigenvalue weighted by molar-refractivity contribution is 14.0. The molecule has 1 aliphatic rings. The van der Waals surface area contributed by atoms with Gasteiger partial charge >= 0.3 is 0 Å². The summed E-state index contributed by atoms with van der Waals surface area (Å²) < 4.78 is 5.27. The lowest BCUT2D eigenvalue weighted by Crippen LogP contribution is -2.41. The highest BCUT2D eigenvalue weighted by Gasteiger charge is 2.43. The first-order chi connectivity index (χ1) is 13.6. The van der Waals surface area contributed by atoms with Crippen LogP contribution in [-0.2, 0) is 16.6 Å². The molecule has 6 nitrogen and oxygen atoms in total. The van der Waals surface area contributed by atoms with E-state index in [0.29, 0.717) is 5.75 Å². The van der Waals surface area contributed by atoms with Gasteiger partial charge in [0, 0.05) is 25.6 Å². The van der Waals surface area contributed by atoms with Crippen LogP contribution in [0.2, 0.25) is 0 Å². The van der Waals surface area contributed by atoms with Crippen molar-refractivity contribution < 1.29 is 9.53 Å². The van der Waals surface area contributed by atoms with Gasteiger partial charge in [-0.25, -0.2) is 0 Å². The zero-order chi connectivity index (χ0) is 19.8. The molecule has 0 aliphatic heterocycles. The highest BCUT2D eigenvalue weighted by Crippen LogP contribution is 2.47. The third-order valence-electron chi connectivity index (χ3n) is 5.07. The molecule has 2 aromatic rings. The van der Waals surface area contributed by atoms with Crippen LogP contribution in [0, 0.1) is 0 Å². The Morgan fingerprint density at radius 3 is 2.38 bits per heavy atom. The molecule has 3 rings (SSSR count). The topological polar surface area (TPSA) is 88.7 Å². The number of halogens is 1. The minimum absolute atomic E-state index is 0. The number of carbonyl (C=O) groups excluding carboxylic acids is 1. The molecule has 1 amide bonds. The SMILES string of the molecule is CN=C(NCCc1ccc(OCC(N)=O)cc1)NCC1(c2ccccc2)CC1.I. The van der Waals surface area contributed by atoms with E-state index in [1.165, 1.54) is 24.0 Å². The Morgan fingerprint density at radius 2 is 1.79 bits per heavy atom. The lowest BCUT2D eigenvalue weighted by molar-refractivity contribution is -0.119. The summed E-state index contributed by atoms with van der Waals surface area (Å²) in [4.78, 5) is 15.1. The van der Waals surface area contributed by atoms with Gasteiger partial charge in [0.2, 0.25) is 0 Å². The van der Waals surface area contributed by atoms with Crippen LogP contribution < -0.4 is 21.1 Å². The molecule has 4 N–H and O–H groups in total. The molecule has 0 spiro atoms. The Bertz CT molecular complexity index is 805. The van der Waals surface area contributed by atoms with E-state index in [0.717, 1.165) is 25.5 Å². The normalized spacial score (nSPS) is 14.4. The van der Waals surface area contributed by atoms with E-state index in [2.05, 4.69) is 46.0 Å². The number of rotatable bonds is 9. The molecule has 29 heavy (non-hydrogen) atoms. The summed E-state index contributed by atoms with van der Waals surface area (Å²) in [7, 11) is 1.79. The van der Waals surface area contributed by atoms with Gasteiger partial charge in [-0.05, 0) is 42.5 Å². The number of hydrogen-bond acceptors (Lipinski definition) is 3. The molecule has 156 valence electrons. The molecular weight excluding hydrogens is 479 g/mol. The predicted molar refractivity (Wildman–Crippen MR) is 127 cm³/mol. The Hall–Kier alpha value is -2.29. The summed E-state index contributed by atoms with van der Waals surface area (Å²) in [6, 6.07) is 18.4. The zero-order valence-corrected chi connectivity index (χ0v) is 19.0. The third kappa shape index (κ3) is 6.92. The number of benzene rings is 2. The Labute approximate surface area is 189 Å². The largest absolute Gasteiger partial charge is 0.484 e. The van der Waals surface area contributed by atoms with Gasteiger partial charge in [-0.1, -0.05) is 42.5 Å². The number of guanidine groups is 1. The molecule has 0 heterocycles. The predicted octanol–water partition coefficient (Wildman–Crippen LogP) is 2.61. The summed E-state index contributed by atoms with van der Waals surface area (Å²) >= 11 is 0. The number of amides is 1. The standard InChI is InChI=1S/C22H28N4O2.HI/c1-24-21(26-16-22(12-13-22)18-5-3-2-4-6-18)25-14-11-17-7-9-19(10-8-17)28-15-20(23)27;/h2-10H,11-16H2,1H3,(H2,23,27)(H2,24,25,26);1H. The van der Waals surface area contributed by atoms with Crippen molar-refractivity contribution in [3.8, 4) is 5.75 Å². The molecule has 0 unspecified atom stereocenters. The lowest BCUT2D eigenvalue weighted by Gasteiger charge is -2.19. The Kier molecular flexibility index (Phi) is 8.75. The number of nitrogens with two attached hydrogens (primary N) is 1. The van der Waals surface area contributed by atoms with Gasteiger partial charge in [0.05, 0.1) is 0 Å². The molecule has 0 atom stereocenters. The van der Waals surface area contributed by atoms with Crippen LogP contribution in [0.5, 0.6) is 5.75 Å². The van der Waals surface area contributed by atoms with Gasteiger partial charge in [-0.15, -0.1) is 24.0 Å². The average molecular weight is 508 g/mol. The van der Waals surface area contributed by atoms with Gasteiger partial charge in [-0.3, -0.25) is 9.79 Å². The molecule has 0 radical (unpaired) electrons. The molecule has 0 bridgehead atoms. The average Bonchev–Trinajstić information content (AvgIpc) is 3.52. The molecule has 0 saturated heterocycles. The van der Waals surface area contributed by atoms with Crippen molar-refractivity contribution in [2.24, 2.45) is 10.7 Å². The summed E-state index contributed by atoms with van der Waals surface area (Å²) in [6.07, 6.45) is 3.29. The highest BCUT2D eigenvalue weighted by atomic mass is 127. The number of ether oxygens (including phenoxy) is 1. The number of hydrogen-bond donors (Lipinski definition) is 3. The number of aliphatic imine (C=N–C) groups is 1. The van der Waals surface area contributed by atoms with Crippen molar-refractivity contribution in [1.82, 2.24) is 10.6 Å². The molecular formula is C22H29IN4O2. The van der Waals surface area contributed by atoms with Gasteiger partial charge in [0.1, 0.15) is 5.75 Å². The first-order valence-corrected chi connectivity index (χ1v) is 9.61. The number of nitrogens with one attached hydrogen (secondary N) is 2. The second-order valence-corrected chi connectivity index (χ2v) is 7.15. The Balaban J connectivity index is 0.00000300. The maximum absolute atomic E-state index is 10.7. The van der Waals surface area contributed by atoms with Crippen molar-refractivity contribution in [2.45, 2.75) is 24.7 Å². The van der Waals surface area contributed by atoms with E-state index < -0.39 is 5.91 Å². The summed E-state index contributed by atoms with van der Waals surface area (Å²) in [5, 5.41) is 6.84. The van der Waals surface area contributed by atoms with E-state index in [9.17, 15) is 4.79 Å². The second kappa shape index (κ2) is 11.0. The van der Waals surface area contributed by atoms with E-state index >= 15 is 0 Å². The minimum Gasteiger partial charge on any atom is -0.484 e. The van der Waals surface area contributed by atoms with Crippen molar-refractivity contribution in [1.29, 1.82) is 0 Å². The van der Waals surface area contributed by atoms with E-state index in [-0.39, 0.29) is 36.0 Å². The smallest absolute Gasteiger partial charge is 0.255 e. The summed E-state index contributed by atoms with van der Waals surface area (Å²) in [6.45, 7) is 1.56. The molecule has 1 aliphatic carbocycles. The van der Waals surface area contributed by atoms with Crippen LogP contribution in [0.25, 0.3) is 0 Å². The van der Waals surface area contributed by atoms with Crippen molar-refractivity contribution >= 4 is 35.8 Å². The Morgan fingerprint density at radius 1 is 1.10 bits per heavy atom. The summed E-state index contributed by atoms with van der Waals surface area (Å²) in [5.74, 6) is 0.986. The maximum atomic E-state index is 10.7. The lowest BCUT2D eigenvalue weighted by atomic mass is 9.96. The van der Waals surface area contributed by atoms with Crippen molar-refractivity contribution in [3.63, 3.8) is 0 Å². The van der Waals surface area contributed by atoms with Gasteiger partial charge in [0.15, 0.2) is 12.6 Å². The maximum Gasteiger partial charge on any atom is 0.255 e. The van der Waals surface area contributed by atoms with Gasteiger partial charge in [-0.2, -0.15) is 0 Å². The van der Waals surface area contributed by atoms with Crippen LogP contribution in [0.1, 0.15) is 24.0 Å². The minimum atomic E-state index is -0.479. The van der Waals surface area contributed by atoms with E-state index in [4.69, 9.17) is 10.5 Å². The van der Waals surface area contributed by atoms with Crippen LogP contribution in [-0.4, -0.2) is 38.6 Å².